The standard InChI is InChI=1S/C13H17N3O2/c1-16-9(7-8-15-16)13(14)12-10(17-2)5-4-6-11(12)18-3/h4-8,13H,14H2,1-3H3. The summed E-state index contributed by atoms with van der Waals surface area (Å²) in [6, 6.07) is 7.15. The van der Waals surface area contributed by atoms with Crippen LogP contribution in [-0.4, -0.2) is 24.0 Å². The van der Waals surface area contributed by atoms with Crippen molar-refractivity contribution in [2.45, 2.75) is 6.04 Å². The Morgan fingerprint density at radius 1 is 1.17 bits per heavy atom. The van der Waals surface area contributed by atoms with E-state index in [0.29, 0.717) is 11.5 Å². The molecule has 2 rings (SSSR count). The zero-order valence-electron chi connectivity index (χ0n) is 10.8. The van der Waals surface area contributed by atoms with Gasteiger partial charge < -0.3 is 15.2 Å². The van der Waals surface area contributed by atoms with Crippen LogP contribution in [0.5, 0.6) is 11.5 Å². The van der Waals surface area contributed by atoms with E-state index in [-0.39, 0.29) is 6.04 Å². The Kier molecular flexibility index (Phi) is 3.53. The second kappa shape index (κ2) is 5.10. The molecule has 0 aliphatic heterocycles. The van der Waals surface area contributed by atoms with Gasteiger partial charge in [-0.15, -0.1) is 0 Å². The number of nitrogens with two attached hydrogens (primary N) is 1. The minimum Gasteiger partial charge on any atom is -0.496 e. The maximum atomic E-state index is 6.29. The highest BCUT2D eigenvalue weighted by Crippen LogP contribution is 2.35. The lowest BCUT2D eigenvalue weighted by Crippen LogP contribution is -2.17. The zero-order chi connectivity index (χ0) is 13.1. The van der Waals surface area contributed by atoms with Crippen LogP contribution in [0.25, 0.3) is 0 Å². The highest BCUT2D eigenvalue weighted by Gasteiger charge is 2.21. The summed E-state index contributed by atoms with van der Waals surface area (Å²) in [4.78, 5) is 0. The molecule has 0 saturated heterocycles. The topological polar surface area (TPSA) is 62.3 Å². The quantitative estimate of drug-likeness (QED) is 0.889. The Balaban J connectivity index is 2.52. The molecule has 1 unspecified atom stereocenters. The van der Waals surface area contributed by atoms with E-state index >= 15 is 0 Å². The molecule has 0 aliphatic rings. The molecule has 0 fully saturated rings. The Labute approximate surface area is 106 Å². The molecule has 2 aromatic rings. The summed E-state index contributed by atoms with van der Waals surface area (Å²) in [5, 5.41) is 4.13. The third-order valence-electron chi connectivity index (χ3n) is 2.95. The van der Waals surface area contributed by atoms with Crippen molar-refractivity contribution in [1.29, 1.82) is 0 Å². The van der Waals surface area contributed by atoms with Crippen LogP contribution in [0.3, 0.4) is 0 Å². The van der Waals surface area contributed by atoms with Gasteiger partial charge in [0.2, 0.25) is 0 Å². The third kappa shape index (κ3) is 2.04. The normalized spacial score (nSPS) is 12.2. The van der Waals surface area contributed by atoms with Crippen molar-refractivity contribution in [2.24, 2.45) is 12.8 Å². The van der Waals surface area contributed by atoms with E-state index < -0.39 is 0 Å². The van der Waals surface area contributed by atoms with Gasteiger partial charge in [-0.25, -0.2) is 0 Å². The fraction of sp³-hybridized carbons (Fsp3) is 0.308. The van der Waals surface area contributed by atoms with Gasteiger partial charge in [-0.05, 0) is 18.2 Å². The van der Waals surface area contributed by atoms with Gasteiger partial charge in [0, 0.05) is 13.2 Å². The predicted octanol–water partition coefficient (Wildman–Crippen LogP) is 1.49. The van der Waals surface area contributed by atoms with E-state index in [4.69, 9.17) is 15.2 Å². The Bertz CT molecular complexity index is 515. The number of hydrogen-bond acceptors (Lipinski definition) is 4. The van der Waals surface area contributed by atoms with Crippen LogP contribution < -0.4 is 15.2 Å². The van der Waals surface area contributed by atoms with E-state index in [1.807, 2.05) is 31.3 Å². The first-order valence-electron chi connectivity index (χ1n) is 5.63. The van der Waals surface area contributed by atoms with Gasteiger partial charge in [-0.1, -0.05) is 6.07 Å². The van der Waals surface area contributed by atoms with Crippen LogP contribution in [0.4, 0.5) is 0 Å². The summed E-state index contributed by atoms with van der Waals surface area (Å²) < 4.78 is 12.5. The van der Waals surface area contributed by atoms with E-state index in [1.165, 1.54) is 0 Å². The van der Waals surface area contributed by atoms with E-state index in [9.17, 15) is 0 Å². The number of rotatable bonds is 4. The third-order valence-corrected chi connectivity index (χ3v) is 2.95. The summed E-state index contributed by atoms with van der Waals surface area (Å²) >= 11 is 0. The number of aryl methyl sites for hydroxylation is 1. The average molecular weight is 247 g/mol. The maximum absolute atomic E-state index is 6.29. The maximum Gasteiger partial charge on any atom is 0.127 e. The minimum atomic E-state index is -0.344. The second-order valence-corrected chi connectivity index (χ2v) is 3.93. The highest BCUT2D eigenvalue weighted by atomic mass is 16.5. The van der Waals surface area contributed by atoms with Gasteiger partial charge in [0.15, 0.2) is 0 Å². The molecule has 1 aromatic heterocycles. The van der Waals surface area contributed by atoms with E-state index in [0.717, 1.165) is 11.3 Å². The molecule has 5 nitrogen and oxygen atoms in total. The number of hydrogen-bond donors (Lipinski definition) is 1. The summed E-state index contributed by atoms with van der Waals surface area (Å²) in [6.45, 7) is 0. The molecular formula is C13H17N3O2. The monoisotopic (exact) mass is 247 g/mol. The number of ether oxygens (including phenoxy) is 2. The first-order valence-corrected chi connectivity index (χ1v) is 5.63. The molecule has 2 N–H and O–H groups in total. The molecule has 5 heteroatoms. The molecule has 18 heavy (non-hydrogen) atoms. The molecule has 1 heterocycles. The first kappa shape index (κ1) is 12.4. The SMILES string of the molecule is COc1cccc(OC)c1C(N)c1ccnn1C. The summed E-state index contributed by atoms with van der Waals surface area (Å²) in [6.07, 6.45) is 1.72. The van der Waals surface area contributed by atoms with Crippen LogP contribution in [0.15, 0.2) is 30.5 Å². The number of nitrogens with zero attached hydrogens (tertiary/aromatic N) is 2. The lowest BCUT2D eigenvalue weighted by molar-refractivity contribution is 0.381. The number of aromatic nitrogens is 2. The van der Waals surface area contributed by atoms with Crippen molar-refractivity contribution in [3.8, 4) is 11.5 Å². The molecule has 96 valence electrons. The fourth-order valence-electron chi connectivity index (χ4n) is 2.02. The van der Waals surface area contributed by atoms with Crippen LogP contribution in [0.2, 0.25) is 0 Å². The number of methoxy groups -OCH3 is 2. The van der Waals surface area contributed by atoms with Crippen molar-refractivity contribution in [3.63, 3.8) is 0 Å². The molecule has 1 aromatic carbocycles. The van der Waals surface area contributed by atoms with Crippen LogP contribution in [0, 0.1) is 0 Å². The molecule has 0 saturated carbocycles. The summed E-state index contributed by atoms with van der Waals surface area (Å²) in [7, 11) is 5.10. The molecule has 1 atom stereocenters. The molecule has 0 radical (unpaired) electrons. The Morgan fingerprint density at radius 2 is 1.78 bits per heavy atom. The Hall–Kier alpha value is -2.01. The molecule has 0 amide bonds. The van der Waals surface area contributed by atoms with Crippen LogP contribution in [0.1, 0.15) is 17.3 Å². The molecule has 0 bridgehead atoms. The molecular weight excluding hydrogens is 230 g/mol. The second-order valence-electron chi connectivity index (χ2n) is 3.93. The van der Waals surface area contributed by atoms with Crippen molar-refractivity contribution >= 4 is 0 Å². The van der Waals surface area contributed by atoms with Crippen molar-refractivity contribution in [3.05, 3.63) is 41.7 Å². The van der Waals surface area contributed by atoms with E-state index in [1.54, 1.807) is 25.1 Å². The van der Waals surface area contributed by atoms with Gasteiger partial charge in [0.05, 0.1) is 31.5 Å². The average Bonchev–Trinajstić information content (AvgIpc) is 2.83. The lowest BCUT2D eigenvalue weighted by atomic mass is 10.0. The molecule has 0 spiro atoms. The summed E-state index contributed by atoms with van der Waals surface area (Å²) in [5.74, 6) is 1.42. The van der Waals surface area contributed by atoms with Gasteiger partial charge in [-0.3, -0.25) is 4.68 Å². The summed E-state index contributed by atoms with van der Waals surface area (Å²) in [5.41, 5.74) is 8.02. The zero-order valence-corrected chi connectivity index (χ0v) is 10.8. The largest absolute Gasteiger partial charge is 0.496 e. The first-order chi connectivity index (χ1) is 8.69. The van der Waals surface area contributed by atoms with Crippen molar-refractivity contribution in [1.82, 2.24) is 9.78 Å². The van der Waals surface area contributed by atoms with Crippen LogP contribution >= 0.6 is 0 Å². The minimum absolute atomic E-state index is 0.344. The highest BCUT2D eigenvalue weighted by molar-refractivity contribution is 5.49. The lowest BCUT2D eigenvalue weighted by Gasteiger charge is -2.19. The van der Waals surface area contributed by atoms with Crippen molar-refractivity contribution < 1.29 is 9.47 Å². The predicted molar refractivity (Wildman–Crippen MR) is 68.8 cm³/mol. The van der Waals surface area contributed by atoms with Gasteiger partial charge >= 0.3 is 0 Å². The van der Waals surface area contributed by atoms with Gasteiger partial charge in [0.1, 0.15) is 11.5 Å². The van der Waals surface area contributed by atoms with E-state index in [2.05, 4.69) is 5.10 Å². The van der Waals surface area contributed by atoms with Gasteiger partial charge in [0.25, 0.3) is 0 Å². The van der Waals surface area contributed by atoms with Gasteiger partial charge in [-0.2, -0.15) is 5.10 Å². The number of benzene rings is 1. The smallest absolute Gasteiger partial charge is 0.127 e. The molecule has 0 aliphatic carbocycles. The fourth-order valence-corrected chi connectivity index (χ4v) is 2.02. The van der Waals surface area contributed by atoms with Crippen LogP contribution in [-0.2, 0) is 7.05 Å². The Morgan fingerprint density at radius 3 is 2.22 bits per heavy atom. The van der Waals surface area contributed by atoms with Crippen molar-refractivity contribution in [2.75, 3.05) is 14.2 Å².